The highest BCUT2D eigenvalue weighted by atomic mass is 35.5. The third kappa shape index (κ3) is 4.86. The van der Waals surface area contributed by atoms with Gasteiger partial charge in [-0.2, -0.15) is 0 Å². The number of Topliss-reactive ketones (excluding diaryl/α,β-unsaturated/α-hetero) is 1. The topological polar surface area (TPSA) is 83.8 Å². The molecule has 0 atom stereocenters. The van der Waals surface area contributed by atoms with Gasteiger partial charge in [0.1, 0.15) is 17.1 Å². The number of ether oxygens (including phenoxy) is 1. The average molecular weight is 423 g/mol. The Kier molecular flexibility index (Phi) is 7.11. The van der Waals surface area contributed by atoms with Crippen LogP contribution in [-0.2, 0) is 12.8 Å². The summed E-state index contributed by atoms with van der Waals surface area (Å²) >= 11 is 11.9. The maximum absolute atomic E-state index is 12.7. The summed E-state index contributed by atoms with van der Waals surface area (Å²) in [5.41, 5.74) is 1.28. The third-order valence-electron chi connectivity index (χ3n) is 4.26. The second kappa shape index (κ2) is 9.13. The number of methoxy groups -OCH3 is 1. The fourth-order valence-corrected chi connectivity index (χ4v) is 3.38. The van der Waals surface area contributed by atoms with Crippen molar-refractivity contribution in [2.75, 3.05) is 7.11 Å². The van der Waals surface area contributed by atoms with E-state index in [0.29, 0.717) is 29.2 Å². The minimum absolute atomic E-state index is 0.136. The van der Waals surface area contributed by atoms with Crippen LogP contribution in [0.15, 0.2) is 36.4 Å². The first-order valence-corrected chi connectivity index (χ1v) is 9.18. The zero-order valence-electron chi connectivity index (χ0n) is 15.5. The zero-order valence-corrected chi connectivity index (χ0v) is 17.0. The van der Waals surface area contributed by atoms with Crippen molar-refractivity contribution in [3.05, 3.63) is 68.7 Å². The molecule has 0 amide bonds. The Morgan fingerprint density at radius 1 is 1.21 bits per heavy atom. The van der Waals surface area contributed by atoms with Crippen LogP contribution < -0.4 is 4.74 Å². The van der Waals surface area contributed by atoms with Gasteiger partial charge in [0.15, 0.2) is 5.78 Å². The van der Waals surface area contributed by atoms with Crippen molar-refractivity contribution in [1.82, 2.24) is 0 Å². The first-order chi connectivity index (χ1) is 13.1. The van der Waals surface area contributed by atoms with E-state index in [1.165, 1.54) is 31.4 Å². The fraction of sp³-hybridized carbons (Fsp3) is 0.238. The Morgan fingerprint density at radius 3 is 2.43 bits per heavy atom. The zero-order chi connectivity index (χ0) is 21.0. The molecule has 28 heavy (non-hydrogen) atoms. The molecule has 5 nitrogen and oxygen atoms in total. The van der Waals surface area contributed by atoms with Gasteiger partial charge in [-0.15, -0.1) is 6.58 Å². The first kappa shape index (κ1) is 21.8. The molecule has 0 aliphatic carbocycles. The molecule has 0 bridgehead atoms. The summed E-state index contributed by atoms with van der Waals surface area (Å²) in [6, 6.07) is 5.91. The number of rotatable bonds is 8. The number of carbonyl (C=O) groups excluding carboxylic acids is 1. The number of hydrogen-bond donors (Lipinski definition) is 2. The molecule has 0 heterocycles. The van der Waals surface area contributed by atoms with Gasteiger partial charge in [0.05, 0.1) is 12.1 Å². The summed E-state index contributed by atoms with van der Waals surface area (Å²) in [6.07, 6.45) is 0.650. The molecule has 2 N–H and O–H groups in total. The van der Waals surface area contributed by atoms with Crippen LogP contribution in [0.5, 0.6) is 11.5 Å². The Morgan fingerprint density at radius 2 is 1.89 bits per heavy atom. The summed E-state index contributed by atoms with van der Waals surface area (Å²) in [6.45, 7) is 5.65. The number of aromatic hydroxyl groups is 1. The Bertz CT molecular complexity index is 950. The number of carboxylic acid groups (broad SMARTS) is 1. The van der Waals surface area contributed by atoms with Crippen molar-refractivity contribution in [2.24, 2.45) is 0 Å². The maximum atomic E-state index is 12.7. The van der Waals surface area contributed by atoms with Gasteiger partial charge in [0.25, 0.3) is 0 Å². The number of benzene rings is 2. The van der Waals surface area contributed by atoms with Crippen molar-refractivity contribution in [3.63, 3.8) is 0 Å². The van der Waals surface area contributed by atoms with Gasteiger partial charge in [0.2, 0.25) is 0 Å². The summed E-state index contributed by atoms with van der Waals surface area (Å²) in [5, 5.41) is 20.8. The van der Waals surface area contributed by atoms with E-state index in [2.05, 4.69) is 6.58 Å². The molecule has 0 saturated heterocycles. The minimum Gasteiger partial charge on any atom is -0.507 e. The lowest BCUT2D eigenvalue weighted by molar-refractivity contribution is 0.0692. The lowest BCUT2D eigenvalue weighted by Crippen LogP contribution is -2.12. The number of allylic oxidation sites excluding steroid dienone is 1. The molecule has 148 valence electrons. The van der Waals surface area contributed by atoms with Crippen LogP contribution in [0.25, 0.3) is 0 Å². The van der Waals surface area contributed by atoms with E-state index in [0.717, 1.165) is 5.57 Å². The first-order valence-electron chi connectivity index (χ1n) is 8.43. The second-order valence-electron chi connectivity index (χ2n) is 6.43. The monoisotopic (exact) mass is 422 g/mol. The van der Waals surface area contributed by atoms with Crippen molar-refractivity contribution < 1.29 is 24.5 Å². The van der Waals surface area contributed by atoms with Crippen molar-refractivity contribution in [2.45, 2.75) is 26.2 Å². The molecule has 0 aromatic heterocycles. The highest BCUT2D eigenvalue weighted by Gasteiger charge is 2.25. The van der Waals surface area contributed by atoms with Gasteiger partial charge in [0, 0.05) is 22.6 Å². The Labute approximate surface area is 173 Å². The van der Waals surface area contributed by atoms with Crippen LogP contribution in [0.2, 0.25) is 10.0 Å². The molecule has 0 aliphatic rings. The van der Waals surface area contributed by atoms with Crippen LogP contribution in [0.1, 0.15) is 45.2 Å². The highest BCUT2D eigenvalue weighted by Crippen LogP contribution is 2.36. The van der Waals surface area contributed by atoms with Crippen LogP contribution in [0, 0.1) is 0 Å². The average Bonchev–Trinajstić information content (AvgIpc) is 2.59. The number of carbonyl (C=O) groups is 2. The van der Waals surface area contributed by atoms with Crippen LogP contribution in [0.3, 0.4) is 0 Å². The van der Waals surface area contributed by atoms with Gasteiger partial charge < -0.3 is 14.9 Å². The number of hydrogen-bond acceptors (Lipinski definition) is 4. The third-order valence-corrected chi connectivity index (χ3v) is 4.81. The fourth-order valence-electron chi connectivity index (χ4n) is 2.86. The van der Waals surface area contributed by atoms with E-state index in [1.807, 2.05) is 6.92 Å². The van der Waals surface area contributed by atoms with Crippen molar-refractivity contribution in [3.8, 4) is 11.5 Å². The predicted octanol–water partition coefficient (Wildman–Crippen LogP) is 5.34. The lowest BCUT2D eigenvalue weighted by atomic mass is 9.93. The molecule has 0 saturated carbocycles. The molecule has 2 rings (SSSR count). The maximum Gasteiger partial charge on any atom is 0.339 e. The number of phenols is 1. The normalized spacial score (nSPS) is 10.6. The van der Waals surface area contributed by atoms with Gasteiger partial charge >= 0.3 is 5.97 Å². The van der Waals surface area contributed by atoms with E-state index >= 15 is 0 Å². The summed E-state index contributed by atoms with van der Waals surface area (Å²) in [7, 11) is 1.42. The molecule has 7 heteroatoms. The van der Waals surface area contributed by atoms with Crippen LogP contribution in [-0.4, -0.2) is 29.1 Å². The quantitative estimate of drug-likeness (QED) is 0.442. The van der Waals surface area contributed by atoms with Gasteiger partial charge in [-0.1, -0.05) is 28.8 Å². The molecular formula is C21H20Cl2O5. The minimum atomic E-state index is -1.33. The van der Waals surface area contributed by atoms with Crippen LogP contribution in [0.4, 0.5) is 0 Å². The van der Waals surface area contributed by atoms with E-state index in [9.17, 15) is 19.8 Å². The van der Waals surface area contributed by atoms with Crippen LogP contribution >= 0.6 is 23.2 Å². The predicted molar refractivity (Wildman–Crippen MR) is 109 cm³/mol. The molecular weight excluding hydrogens is 403 g/mol. The standard InChI is InChI=1S/C21H20Cl2O5/c1-11(2)4-6-15-18(28-3)9-12(19(20(15)25)21(26)27)8-17(24)14-7-5-13(22)10-16(14)23/h5,7,9-10,25H,1,4,6,8H2,2-3H3,(H,26,27). The smallest absolute Gasteiger partial charge is 0.339 e. The molecule has 0 fully saturated rings. The van der Waals surface area contributed by atoms with Crippen molar-refractivity contribution >= 4 is 35.0 Å². The summed E-state index contributed by atoms with van der Waals surface area (Å²) < 4.78 is 5.32. The number of aromatic carboxylic acids is 1. The van der Waals surface area contributed by atoms with Crippen molar-refractivity contribution in [1.29, 1.82) is 0 Å². The Hall–Kier alpha value is -2.50. The molecule has 0 radical (unpaired) electrons. The molecule has 0 aliphatic heterocycles. The van der Waals surface area contributed by atoms with E-state index in [1.54, 1.807) is 0 Å². The molecule has 0 unspecified atom stereocenters. The SMILES string of the molecule is C=C(C)CCc1c(OC)cc(CC(=O)c2ccc(Cl)cc2Cl)c(C(=O)O)c1O. The summed E-state index contributed by atoms with van der Waals surface area (Å²) in [4.78, 5) is 24.5. The largest absolute Gasteiger partial charge is 0.507 e. The van der Waals surface area contributed by atoms with E-state index in [-0.39, 0.29) is 28.1 Å². The van der Waals surface area contributed by atoms with Gasteiger partial charge in [-0.3, -0.25) is 4.79 Å². The van der Waals surface area contributed by atoms with Gasteiger partial charge in [-0.25, -0.2) is 4.79 Å². The second-order valence-corrected chi connectivity index (χ2v) is 7.27. The van der Waals surface area contributed by atoms with Gasteiger partial charge in [-0.05, 0) is 49.6 Å². The number of ketones is 1. The number of carboxylic acids is 1. The number of halogens is 2. The molecule has 2 aromatic carbocycles. The highest BCUT2D eigenvalue weighted by molar-refractivity contribution is 6.36. The lowest BCUT2D eigenvalue weighted by Gasteiger charge is -2.16. The van der Waals surface area contributed by atoms with E-state index in [4.69, 9.17) is 27.9 Å². The summed E-state index contributed by atoms with van der Waals surface area (Å²) in [5.74, 6) is -1.83. The molecule has 0 spiro atoms. The van der Waals surface area contributed by atoms with E-state index < -0.39 is 17.5 Å². The molecule has 2 aromatic rings. The Balaban J connectivity index is 2.50.